The van der Waals surface area contributed by atoms with Crippen molar-refractivity contribution in [2.24, 2.45) is 5.92 Å². The fourth-order valence-electron chi connectivity index (χ4n) is 3.51. The Morgan fingerprint density at radius 3 is 2.25 bits per heavy atom. The van der Waals surface area contributed by atoms with Crippen LogP contribution >= 0.6 is 0 Å². The largest absolute Gasteiger partial charge is 0.481 e. The van der Waals surface area contributed by atoms with Gasteiger partial charge >= 0.3 is 5.97 Å². The van der Waals surface area contributed by atoms with E-state index in [1.807, 2.05) is 36.4 Å². The van der Waals surface area contributed by atoms with Crippen molar-refractivity contribution >= 4 is 5.97 Å². The van der Waals surface area contributed by atoms with Crippen molar-refractivity contribution in [3.8, 4) is 0 Å². The third-order valence-corrected chi connectivity index (χ3v) is 5.19. The molecule has 3 N–H and O–H groups in total. The quantitative estimate of drug-likeness (QED) is 0.417. The van der Waals surface area contributed by atoms with Crippen LogP contribution in [0, 0.1) is 5.92 Å². The lowest BCUT2D eigenvalue weighted by Gasteiger charge is -2.18. The summed E-state index contributed by atoms with van der Waals surface area (Å²) >= 11 is 0. The smallest absolute Gasteiger partial charge is 0.303 e. The molecule has 0 aliphatic heterocycles. The molecule has 152 valence electrons. The zero-order valence-electron chi connectivity index (χ0n) is 16.6. The van der Waals surface area contributed by atoms with Gasteiger partial charge in [-0.1, -0.05) is 73.5 Å². The molecule has 0 saturated heterocycles. The van der Waals surface area contributed by atoms with E-state index in [1.165, 1.54) is 5.56 Å². The van der Waals surface area contributed by atoms with E-state index in [0.717, 1.165) is 50.6 Å². The van der Waals surface area contributed by atoms with Gasteiger partial charge in [0, 0.05) is 13.0 Å². The molecule has 0 spiro atoms. The Morgan fingerprint density at radius 1 is 0.893 bits per heavy atom. The van der Waals surface area contributed by atoms with E-state index in [2.05, 4.69) is 29.6 Å². The van der Waals surface area contributed by atoms with Gasteiger partial charge in [-0.15, -0.1) is 0 Å². The topological polar surface area (TPSA) is 69.6 Å². The van der Waals surface area contributed by atoms with Gasteiger partial charge in [-0.25, -0.2) is 0 Å². The first kappa shape index (κ1) is 22.1. The zero-order chi connectivity index (χ0) is 20.0. The number of aliphatic hydroxyl groups excluding tert-OH is 1. The number of carboxylic acids is 1. The molecule has 0 saturated carbocycles. The molecule has 2 unspecified atom stereocenters. The average molecular weight is 384 g/mol. The van der Waals surface area contributed by atoms with Gasteiger partial charge in [-0.05, 0) is 49.3 Å². The molecule has 0 fully saturated rings. The van der Waals surface area contributed by atoms with Crippen LogP contribution < -0.4 is 5.32 Å². The maximum absolute atomic E-state index is 10.9. The number of hydrogen-bond donors (Lipinski definition) is 3. The van der Waals surface area contributed by atoms with Crippen LogP contribution in [-0.2, 0) is 11.2 Å². The normalized spacial score (nSPS) is 13.2. The third kappa shape index (κ3) is 9.16. The number of unbranched alkanes of at least 4 members (excludes halogenated alkanes) is 1. The zero-order valence-corrected chi connectivity index (χ0v) is 16.6. The van der Waals surface area contributed by atoms with E-state index in [1.54, 1.807) is 0 Å². The molecule has 0 aromatic heterocycles. The minimum atomic E-state index is -0.721. The summed E-state index contributed by atoms with van der Waals surface area (Å²) in [6.07, 6.45) is 5.78. The van der Waals surface area contributed by atoms with Gasteiger partial charge in [-0.3, -0.25) is 4.79 Å². The van der Waals surface area contributed by atoms with E-state index >= 15 is 0 Å². The Balaban J connectivity index is 1.66. The van der Waals surface area contributed by atoms with E-state index in [0.29, 0.717) is 12.5 Å². The van der Waals surface area contributed by atoms with Gasteiger partial charge in [0.2, 0.25) is 0 Å². The first-order chi connectivity index (χ1) is 13.6. The fraction of sp³-hybridized carbons (Fsp3) is 0.458. The van der Waals surface area contributed by atoms with Crippen LogP contribution in [0.1, 0.15) is 55.8 Å². The second kappa shape index (κ2) is 13.1. The Kier molecular flexibility index (Phi) is 10.3. The summed E-state index contributed by atoms with van der Waals surface area (Å²) in [5.74, 6) is -0.310. The summed E-state index contributed by atoms with van der Waals surface area (Å²) in [4.78, 5) is 10.9. The molecule has 4 heteroatoms. The Hall–Kier alpha value is -2.17. The lowest BCUT2D eigenvalue weighted by Crippen LogP contribution is -2.24. The molecule has 2 aromatic rings. The Bertz CT molecular complexity index is 660. The number of carbonyl (C=O) groups is 1. The first-order valence-corrected chi connectivity index (χ1v) is 10.3. The predicted octanol–water partition coefficient (Wildman–Crippen LogP) is 4.59. The standard InChI is InChI=1S/C24H33NO3/c26-23(22-13-5-2-6-14-22)19-25-18-17-21(15-16-24(27)28)12-8-7-11-20-9-3-1-4-10-20/h1-6,9-10,13-14,21,23,25-26H,7-8,11-12,15-19H2,(H,27,28). The predicted molar refractivity (Wildman–Crippen MR) is 113 cm³/mol. The van der Waals surface area contributed by atoms with Crippen LogP contribution in [0.5, 0.6) is 0 Å². The van der Waals surface area contributed by atoms with Crippen molar-refractivity contribution in [2.75, 3.05) is 13.1 Å². The van der Waals surface area contributed by atoms with Gasteiger partial charge in [0.05, 0.1) is 6.10 Å². The summed E-state index contributed by atoms with van der Waals surface area (Å²) in [5.41, 5.74) is 2.28. The van der Waals surface area contributed by atoms with E-state index < -0.39 is 12.1 Å². The van der Waals surface area contributed by atoms with Gasteiger partial charge in [-0.2, -0.15) is 0 Å². The summed E-state index contributed by atoms with van der Waals surface area (Å²) < 4.78 is 0. The number of nitrogens with one attached hydrogen (secondary N) is 1. The number of hydrogen-bond acceptors (Lipinski definition) is 3. The van der Waals surface area contributed by atoms with Crippen LogP contribution in [-0.4, -0.2) is 29.3 Å². The number of benzene rings is 2. The van der Waals surface area contributed by atoms with Crippen molar-refractivity contribution < 1.29 is 15.0 Å². The highest BCUT2D eigenvalue weighted by atomic mass is 16.4. The van der Waals surface area contributed by atoms with Crippen LogP contribution in [0.25, 0.3) is 0 Å². The lowest BCUT2D eigenvalue weighted by atomic mass is 9.92. The Morgan fingerprint density at radius 2 is 1.57 bits per heavy atom. The van der Waals surface area contributed by atoms with Gasteiger partial charge in [0.15, 0.2) is 0 Å². The van der Waals surface area contributed by atoms with Crippen molar-refractivity contribution in [1.82, 2.24) is 5.32 Å². The first-order valence-electron chi connectivity index (χ1n) is 10.3. The number of aliphatic hydroxyl groups is 1. The second-order valence-electron chi connectivity index (χ2n) is 7.45. The van der Waals surface area contributed by atoms with E-state index in [9.17, 15) is 9.90 Å². The monoisotopic (exact) mass is 383 g/mol. The molecule has 2 rings (SSSR count). The minimum absolute atomic E-state index is 0.232. The number of aryl methyl sites for hydroxylation is 1. The van der Waals surface area contributed by atoms with Crippen LogP contribution in [0.15, 0.2) is 60.7 Å². The number of carboxylic acid groups (broad SMARTS) is 1. The molecule has 4 nitrogen and oxygen atoms in total. The summed E-state index contributed by atoms with van der Waals surface area (Å²) in [6.45, 7) is 1.32. The van der Waals surface area contributed by atoms with Crippen molar-refractivity contribution in [3.05, 3.63) is 71.8 Å². The third-order valence-electron chi connectivity index (χ3n) is 5.19. The van der Waals surface area contributed by atoms with Gasteiger partial charge < -0.3 is 15.5 Å². The van der Waals surface area contributed by atoms with Crippen molar-refractivity contribution in [3.63, 3.8) is 0 Å². The van der Waals surface area contributed by atoms with Crippen LogP contribution in [0.2, 0.25) is 0 Å². The van der Waals surface area contributed by atoms with E-state index in [-0.39, 0.29) is 6.42 Å². The molecule has 2 aromatic carbocycles. The summed E-state index contributed by atoms with van der Waals surface area (Å²) in [7, 11) is 0. The molecule has 0 amide bonds. The summed E-state index contributed by atoms with van der Waals surface area (Å²) in [5, 5.41) is 22.5. The molecule has 0 heterocycles. The highest BCUT2D eigenvalue weighted by Crippen LogP contribution is 2.20. The number of aliphatic carboxylic acids is 1. The lowest BCUT2D eigenvalue weighted by molar-refractivity contribution is -0.137. The SMILES string of the molecule is O=C(O)CCC(CCCCc1ccccc1)CCNCC(O)c1ccccc1. The molecular formula is C24H33NO3. The van der Waals surface area contributed by atoms with Gasteiger partial charge in [0.25, 0.3) is 0 Å². The Labute approximate surface area is 168 Å². The van der Waals surface area contributed by atoms with Gasteiger partial charge in [0.1, 0.15) is 0 Å². The second-order valence-corrected chi connectivity index (χ2v) is 7.45. The molecule has 28 heavy (non-hydrogen) atoms. The average Bonchev–Trinajstić information content (AvgIpc) is 2.72. The van der Waals surface area contributed by atoms with Crippen molar-refractivity contribution in [1.29, 1.82) is 0 Å². The number of rotatable bonds is 14. The fourth-order valence-corrected chi connectivity index (χ4v) is 3.51. The maximum Gasteiger partial charge on any atom is 0.303 e. The van der Waals surface area contributed by atoms with E-state index in [4.69, 9.17) is 5.11 Å². The molecular weight excluding hydrogens is 350 g/mol. The molecule has 2 atom stereocenters. The van der Waals surface area contributed by atoms with Crippen molar-refractivity contribution in [2.45, 2.75) is 51.0 Å². The maximum atomic E-state index is 10.9. The molecule has 0 radical (unpaired) electrons. The molecule has 0 bridgehead atoms. The van der Waals surface area contributed by atoms with Crippen LogP contribution in [0.3, 0.4) is 0 Å². The molecule has 0 aliphatic rings. The molecule has 0 aliphatic carbocycles. The van der Waals surface area contributed by atoms with Crippen LogP contribution in [0.4, 0.5) is 0 Å². The summed E-state index contributed by atoms with van der Waals surface area (Å²) in [6, 6.07) is 20.1. The minimum Gasteiger partial charge on any atom is -0.481 e. The highest BCUT2D eigenvalue weighted by molar-refractivity contribution is 5.66. The highest BCUT2D eigenvalue weighted by Gasteiger charge is 2.12.